The Bertz CT molecular complexity index is 1150. The third-order valence-corrected chi connectivity index (χ3v) is 5.53. The number of rotatable bonds is 5. The van der Waals surface area contributed by atoms with Crippen molar-refractivity contribution >= 4 is 45.2 Å². The minimum atomic E-state index is -0.779. The van der Waals surface area contributed by atoms with Gasteiger partial charge in [0.1, 0.15) is 11.5 Å². The van der Waals surface area contributed by atoms with Gasteiger partial charge in [0.25, 0.3) is 17.5 Å². The number of aromatic nitrogens is 1. The number of nitrogens with one attached hydrogen (secondary N) is 2. The van der Waals surface area contributed by atoms with Crippen LogP contribution in [0.2, 0.25) is 0 Å². The van der Waals surface area contributed by atoms with Crippen LogP contribution < -0.4 is 10.9 Å². The van der Waals surface area contributed by atoms with Gasteiger partial charge in [-0.1, -0.05) is 23.9 Å². The predicted molar refractivity (Wildman–Crippen MR) is 112 cm³/mol. The number of hydrazine groups is 1. The number of benzene rings is 2. The second-order valence-electron chi connectivity index (χ2n) is 6.03. The summed E-state index contributed by atoms with van der Waals surface area (Å²) in [6, 6.07) is 11.2. The molecule has 0 fully saturated rings. The molecule has 1 heterocycles. The fraction of sp³-hybridized carbons (Fsp3) is 0.0526. The van der Waals surface area contributed by atoms with Gasteiger partial charge in [0.2, 0.25) is 0 Å². The average molecular weight is 493 g/mol. The van der Waals surface area contributed by atoms with Crippen LogP contribution in [0.5, 0.6) is 0 Å². The van der Waals surface area contributed by atoms with E-state index in [1.165, 1.54) is 30.3 Å². The van der Waals surface area contributed by atoms with Crippen molar-refractivity contribution < 1.29 is 18.9 Å². The Morgan fingerprint density at radius 3 is 2.43 bits per heavy atom. The molecule has 1 aromatic heterocycles. The molecule has 0 aliphatic heterocycles. The maximum Gasteiger partial charge on any atom is 0.286 e. The van der Waals surface area contributed by atoms with Crippen molar-refractivity contribution in [3.8, 4) is 0 Å². The lowest BCUT2D eigenvalue weighted by atomic mass is 10.2. The van der Waals surface area contributed by atoms with Crippen LogP contribution >= 0.6 is 27.7 Å². The number of nitro groups is 1. The molecule has 0 saturated heterocycles. The van der Waals surface area contributed by atoms with Crippen LogP contribution in [-0.4, -0.2) is 21.3 Å². The van der Waals surface area contributed by atoms with Crippen molar-refractivity contribution in [3.63, 3.8) is 0 Å². The molecule has 0 aliphatic rings. The first-order chi connectivity index (χ1) is 14.3. The van der Waals surface area contributed by atoms with Gasteiger partial charge >= 0.3 is 0 Å². The summed E-state index contributed by atoms with van der Waals surface area (Å²) < 4.78 is 16.2. The Hall–Kier alpha value is -3.18. The number of amides is 2. The molecule has 0 spiro atoms. The van der Waals surface area contributed by atoms with Crippen LogP contribution in [0.25, 0.3) is 0 Å². The zero-order chi connectivity index (χ0) is 21.8. The summed E-state index contributed by atoms with van der Waals surface area (Å²) in [5.41, 5.74) is 4.41. The molecule has 154 valence electrons. The number of carbonyl (C=O) groups excluding carboxylic acids is 2. The summed E-state index contributed by atoms with van der Waals surface area (Å²) in [4.78, 5) is 36.0. The number of hydrogen-bond donors (Lipinski definition) is 2. The van der Waals surface area contributed by atoms with Crippen molar-refractivity contribution in [1.82, 2.24) is 15.4 Å². The van der Waals surface area contributed by atoms with E-state index in [0.717, 1.165) is 17.8 Å². The minimum absolute atomic E-state index is 0.0779. The summed E-state index contributed by atoms with van der Waals surface area (Å²) in [6.45, 7) is 0. The molecule has 8 nitrogen and oxygen atoms in total. The van der Waals surface area contributed by atoms with E-state index in [1.807, 2.05) is 0 Å². The molecule has 2 amide bonds. The van der Waals surface area contributed by atoms with Crippen LogP contribution in [0, 0.1) is 15.9 Å². The lowest BCUT2D eigenvalue weighted by Crippen LogP contribution is -2.42. The van der Waals surface area contributed by atoms with E-state index in [1.54, 1.807) is 29.9 Å². The highest BCUT2D eigenvalue weighted by Crippen LogP contribution is 2.34. The third kappa shape index (κ3) is 4.86. The van der Waals surface area contributed by atoms with Gasteiger partial charge < -0.3 is 4.57 Å². The second-order valence-corrected chi connectivity index (χ2v) is 8.03. The quantitative estimate of drug-likeness (QED) is 0.412. The first-order valence-corrected chi connectivity index (χ1v) is 10.0. The van der Waals surface area contributed by atoms with Crippen molar-refractivity contribution in [2.75, 3.05) is 0 Å². The summed E-state index contributed by atoms with van der Waals surface area (Å²) in [5, 5.41) is 11.1. The van der Waals surface area contributed by atoms with Crippen molar-refractivity contribution in [2.45, 2.75) is 9.79 Å². The molecule has 3 aromatic rings. The highest BCUT2D eigenvalue weighted by molar-refractivity contribution is 9.10. The molecule has 2 N–H and O–H groups in total. The molecule has 11 heteroatoms. The summed E-state index contributed by atoms with van der Waals surface area (Å²) in [7, 11) is 1.66. The summed E-state index contributed by atoms with van der Waals surface area (Å²) in [6.07, 6.45) is 1.67. The molecule has 3 rings (SSSR count). The lowest BCUT2D eigenvalue weighted by molar-refractivity contribution is -0.384. The predicted octanol–water partition coefficient (Wildman–Crippen LogP) is 4.06. The Labute approximate surface area is 182 Å². The maximum atomic E-state index is 14.0. The molecule has 2 aromatic carbocycles. The molecule has 0 atom stereocenters. The summed E-state index contributed by atoms with van der Waals surface area (Å²) in [5.74, 6) is -1.85. The maximum absolute atomic E-state index is 14.0. The van der Waals surface area contributed by atoms with E-state index in [9.17, 15) is 24.1 Å². The monoisotopic (exact) mass is 492 g/mol. The van der Waals surface area contributed by atoms with Crippen LogP contribution in [0.15, 0.2) is 69.0 Å². The van der Waals surface area contributed by atoms with Crippen molar-refractivity contribution in [2.24, 2.45) is 7.05 Å². The molecular formula is C19H14BrFN4O4S. The third-order valence-electron chi connectivity index (χ3n) is 3.97. The number of carbonyl (C=O) groups is 2. The van der Waals surface area contributed by atoms with E-state index in [2.05, 4.69) is 26.8 Å². The summed E-state index contributed by atoms with van der Waals surface area (Å²) >= 11 is 4.20. The SMILES string of the molecule is Cn1cc(Br)cc1C(=O)NNC(=O)c1cc([N+](=O)[O-])ccc1Sc1ccccc1F. The van der Waals surface area contributed by atoms with Gasteiger partial charge in [-0.25, -0.2) is 4.39 Å². The first-order valence-electron chi connectivity index (χ1n) is 8.39. The molecule has 0 radical (unpaired) electrons. The Morgan fingerprint density at radius 1 is 1.10 bits per heavy atom. The molecule has 0 saturated carbocycles. The fourth-order valence-corrected chi connectivity index (χ4v) is 4.01. The Morgan fingerprint density at radius 2 is 1.80 bits per heavy atom. The number of aryl methyl sites for hydroxylation is 1. The molecular weight excluding hydrogens is 479 g/mol. The molecule has 0 unspecified atom stereocenters. The standard InChI is InChI=1S/C19H14BrFN4O4S/c1-24-10-11(20)8-15(24)19(27)23-22-18(26)13-9-12(25(28)29)6-7-16(13)30-17-5-3-2-4-14(17)21/h2-10H,1H3,(H,22,26)(H,23,27). The topological polar surface area (TPSA) is 106 Å². The molecule has 0 bridgehead atoms. The zero-order valence-electron chi connectivity index (χ0n) is 15.4. The van der Waals surface area contributed by atoms with Crippen LogP contribution in [0.1, 0.15) is 20.8 Å². The number of non-ortho nitro benzene ring substituents is 1. The number of nitro benzene ring substituents is 1. The van der Waals surface area contributed by atoms with Crippen LogP contribution in [0.3, 0.4) is 0 Å². The Kier molecular flexibility index (Phi) is 6.53. The number of nitrogens with zero attached hydrogens (tertiary/aromatic N) is 2. The number of halogens is 2. The Balaban J connectivity index is 1.84. The smallest absolute Gasteiger partial charge is 0.286 e. The van der Waals surface area contributed by atoms with Gasteiger partial charge in [0, 0.05) is 39.6 Å². The first kappa shape index (κ1) is 21.5. The van der Waals surface area contributed by atoms with Crippen LogP contribution in [0.4, 0.5) is 10.1 Å². The highest BCUT2D eigenvalue weighted by Gasteiger charge is 2.20. The van der Waals surface area contributed by atoms with Gasteiger partial charge in [0.05, 0.1) is 10.5 Å². The van der Waals surface area contributed by atoms with Gasteiger partial charge in [0.15, 0.2) is 0 Å². The minimum Gasteiger partial charge on any atom is -0.345 e. The lowest BCUT2D eigenvalue weighted by Gasteiger charge is -2.11. The van der Waals surface area contributed by atoms with Gasteiger partial charge in [-0.2, -0.15) is 0 Å². The normalized spacial score (nSPS) is 10.5. The van der Waals surface area contributed by atoms with Crippen molar-refractivity contribution in [1.29, 1.82) is 0 Å². The fourth-order valence-electron chi connectivity index (χ4n) is 2.54. The van der Waals surface area contributed by atoms with Gasteiger partial charge in [-0.05, 0) is 40.2 Å². The van der Waals surface area contributed by atoms with E-state index in [0.29, 0.717) is 9.37 Å². The van der Waals surface area contributed by atoms with E-state index in [-0.39, 0.29) is 21.8 Å². The highest BCUT2D eigenvalue weighted by atomic mass is 79.9. The molecule has 0 aliphatic carbocycles. The van der Waals surface area contributed by atoms with Gasteiger partial charge in [-0.15, -0.1) is 0 Å². The number of hydrogen-bond acceptors (Lipinski definition) is 5. The largest absolute Gasteiger partial charge is 0.345 e. The van der Waals surface area contributed by atoms with E-state index < -0.39 is 22.6 Å². The average Bonchev–Trinajstić information content (AvgIpc) is 3.05. The van der Waals surface area contributed by atoms with Crippen LogP contribution in [-0.2, 0) is 7.05 Å². The zero-order valence-corrected chi connectivity index (χ0v) is 17.8. The van der Waals surface area contributed by atoms with Crippen molar-refractivity contribution in [3.05, 3.63) is 86.4 Å². The second kappa shape index (κ2) is 9.09. The van der Waals surface area contributed by atoms with E-state index in [4.69, 9.17) is 0 Å². The molecule has 30 heavy (non-hydrogen) atoms. The van der Waals surface area contributed by atoms with Gasteiger partial charge in [-0.3, -0.25) is 30.6 Å². The van der Waals surface area contributed by atoms with E-state index >= 15 is 0 Å².